The third-order valence-electron chi connectivity index (χ3n) is 1.44. The molecule has 0 radical (unpaired) electrons. The number of hydrogen-bond acceptors (Lipinski definition) is 4. The molecule has 0 bridgehead atoms. The van der Waals surface area contributed by atoms with E-state index in [1.807, 2.05) is 19.6 Å². The van der Waals surface area contributed by atoms with Crippen LogP contribution in [0.1, 0.15) is 6.42 Å². The molecule has 0 aliphatic heterocycles. The van der Waals surface area contributed by atoms with Crippen LogP contribution in [0.15, 0.2) is 11.7 Å². The van der Waals surface area contributed by atoms with E-state index in [-0.39, 0.29) is 6.61 Å². The van der Waals surface area contributed by atoms with Crippen LogP contribution in [0.4, 0.5) is 0 Å². The van der Waals surface area contributed by atoms with Crippen LogP contribution in [0.5, 0.6) is 0 Å². The van der Waals surface area contributed by atoms with E-state index in [0.29, 0.717) is 18.1 Å². The highest BCUT2D eigenvalue weighted by Gasteiger charge is 2.08. The molecule has 0 rings (SSSR count). The Hall–Kier alpha value is -0.249. The van der Waals surface area contributed by atoms with Crippen molar-refractivity contribution >= 4 is 29.3 Å². The van der Waals surface area contributed by atoms with Gasteiger partial charge in [-0.3, -0.25) is 0 Å². The Morgan fingerprint density at radius 1 is 1.00 bits per heavy atom. The van der Waals surface area contributed by atoms with Gasteiger partial charge in [-0.15, -0.1) is 0 Å². The average molecular weight is 252 g/mol. The monoisotopic (exact) mass is 252 g/mol. The summed E-state index contributed by atoms with van der Waals surface area (Å²) in [6.45, 7) is 6.21. The van der Waals surface area contributed by atoms with Crippen LogP contribution in [0.3, 0.4) is 0 Å². The molecule has 0 fully saturated rings. The van der Waals surface area contributed by atoms with Gasteiger partial charge in [0.1, 0.15) is 0 Å². The molecule has 1 N–H and O–H groups in total. The second-order valence-electron chi connectivity index (χ2n) is 2.48. The van der Waals surface area contributed by atoms with Crippen LogP contribution in [0.25, 0.3) is 0 Å². The van der Waals surface area contributed by atoms with E-state index >= 15 is 0 Å². The maximum absolute atomic E-state index is 8.86. The van der Waals surface area contributed by atoms with Crippen LogP contribution < -0.4 is 0 Å². The van der Waals surface area contributed by atoms with Gasteiger partial charge in [-0.25, -0.2) is 0 Å². The van der Waals surface area contributed by atoms with Gasteiger partial charge in [-0.1, -0.05) is 0 Å². The molecule has 14 heavy (non-hydrogen) atoms. The summed E-state index contributed by atoms with van der Waals surface area (Å²) < 4.78 is 16.4. The molecular weight excluding hydrogens is 232 g/mol. The van der Waals surface area contributed by atoms with Gasteiger partial charge in [0.2, 0.25) is 29.3 Å². The van der Waals surface area contributed by atoms with Gasteiger partial charge in [0.15, 0.2) is 5.76 Å². The van der Waals surface area contributed by atoms with Crippen LogP contribution in [-0.4, -0.2) is 41.0 Å². The van der Waals surface area contributed by atoms with Crippen molar-refractivity contribution in [2.45, 2.75) is 26.1 Å². The fraction of sp³-hybridized carbons (Fsp3) is 0.714. The lowest BCUT2D eigenvalue weighted by Crippen LogP contribution is -2.09. The van der Waals surface area contributed by atoms with Gasteiger partial charge in [0.25, 0.3) is 5.95 Å². The molecule has 0 saturated carbocycles. The number of aliphatic hydroxyl groups excluding tert-OH is 1. The first-order chi connectivity index (χ1) is 6.79. The maximum atomic E-state index is 8.86. The van der Waals surface area contributed by atoms with Crippen molar-refractivity contribution in [3.05, 3.63) is 11.7 Å². The van der Waals surface area contributed by atoms with Crippen molar-refractivity contribution in [3.63, 3.8) is 0 Å². The van der Waals surface area contributed by atoms with E-state index in [1.165, 1.54) is 0 Å². The van der Waals surface area contributed by atoms with E-state index < -0.39 is 29.3 Å². The summed E-state index contributed by atoms with van der Waals surface area (Å²) >= 11 is 0. The van der Waals surface area contributed by atoms with Crippen molar-refractivity contribution < 1.29 is 18.4 Å². The summed E-state index contributed by atoms with van der Waals surface area (Å²) in [4.78, 5) is 0. The van der Waals surface area contributed by atoms with Gasteiger partial charge in [-0.05, 0) is 19.6 Å². The minimum absolute atomic E-state index is 0.0799. The lowest BCUT2D eigenvalue weighted by molar-refractivity contribution is 0.194. The molecular formula is C7H20O4Si3. The Labute approximate surface area is 92.5 Å². The number of rotatable bonds is 8. The quantitative estimate of drug-likeness (QED) is 0.444. The molecule has 84 valence electrons. The van der Waals surface area contributed by atoms with Gasteiger partial charge in [0.05, 0.1) is 6.61 Å². The fourth-order valence-corrected chi connectivity index (χ4v) is 2.76. The summed E-state index contributed by atoms with van der Waals surface area (Å²) in [5.74, 6) is 1.27. The standard InChI is InChI=1S/C7H20O4Si3/c1-12-9-6(4-5-8)7(10-13-2)11-14-3/h8H,4-5,12-14H2,1-3H3. The van der Waals surface area contributed by atoms with E-state index in [2.05, 4.69) is 0 Å². The summed E-state index contributed by atoms with van der Waals surface area (Å²) in [5, 5.41) is 8.86. The molecule has 0 unspecified atom stereocenters. The van der Waals surface area contributed by atoms with Gasteiger partial charge in [0, 0.05) is 6.42 Å². The van der Waals surface area contributed by atoms with E-state index in [1.54, 1.807) is 0 Å². The molecule has 0 heterocycles. The first-order valence-corrected chi connectivity index (χ1v) is 11.0. The fourth-order valence-electron chi connectivity index (χ4n) is 0.974. The predicted octanol–water partition coefficient (Wildman–Crippen LogP) is -1.02. The Balaban J connectivity index is 4.45. The van der Waals surface area contributed by atoms with Crippen LogP contribution in [-0.2, 0) is 13.3 Å². The van der Waals surface area contributed by atoms with Crippen molar-refractivity contribution in [2.75, 3.05) is 6.61 Å². The molecule has 0 aromatic heterocycles. The Bertz CT molecular complexity index is 140. The molecule has 0 aliphatic carbocycles. The van der Waals surface area contributed by atoms with Gasteiger partial charge >= 0.3 is 0 Å². The predicted molar refractivity (Wildman–Crippen MR) is 65.2 cm³/mol. The van der Waals surface area contributed by atoms with E-state index in [4.69, 9.17) is 18.4 Å². The average Bonchev–Trinajstić information content (AvgIpc) is 2.17. The molecule has 0 saturated heterocycles. The van der Waals surface area contributed by atoms with E-state index in [9.17, 15) is 0 Å². The summed E-state index contributed by atoms with van der Waals surface area (Å²) in [7, 11) is -1.60. The van der Waals surface area contributed by atoms with Gasteiger partial charge < -0.3 is 18.4 Å². The zero-order valence-electron chi connectivity index (χ0n) is 9.21. The topological polar surface area (TPSA) is 47.9 Å². The smallest absolute Gasteiger partial charge is 0.289 e. The molecule has 0 aliphatic rings. The Morgan fingerprint density at radius 3 is 1.86 bits per heavy atom. The Kier molecular flexibility index (Phi) is 9.15. The molecule has 0 atom stereocenters. The summed E-state index contributed by atoms with van der Waals surface area (Å²) in [6, 6.07) is 0. The maximum Gasteiger partial charge on any atom is 0.289 e. The summed E-state index contributed by atoms with van der Waals surface area (Å²) in [6.07, 6.45) is 0.499. The normalized spacial score (nSPS) is 12.0. The molecule has 4 nitrogen and oxygen atoms in total. The first kappa shape index (κ1) is 13.8. The van der Waals surface area contributed by atoms with Crippen molar-refractivity contribution in [2.24, 2.45) is 0 Å². The van der Waals surface area contributed by atoms with Crippen LogP contribution >= 0.6 is 0 Å². The minimum Gasteiger partial charge on any atom is -0.548 e. The SMILES string of the molecule is C[SiH2]OC(CCO)=C(O[SiH2]C)O[SiH2]C. The molecule has 0 amide bonds. The number of hydrogen-bond donors (Lipinski definition) is 1. The van der Waals surface area contributed by atoms with Crippen LogP contribution in [0.2, 0.25) is 19.6 Å². The zero-order chi connectivity index (χ0) is 10.8. The molecule has 0 aromatic carbocycles. The van der Waals surface area contributed by atoms with E-state index in [0.717, 1.165) is 0 Å². The second-order valence-corrected chi connectivity index (χ2v) is 5.08. The highest BCUT2D eigenvalue weighted by atomic mass is 28.2. The second kappa shape index (κ2) is 9.31. The lowest BCUT2D eigenvalue weighted by atomic mass is 10.4. The molecule has 7 heteroatoms. The van der Waals surface area contributed by atoms with Crippen molar-refractivity contribution in [1.29, 1.82) is 0 Å². The van der Waals surface area contributed by atoms with Crippen molar-refractivity contribution in [1.82, 2.24) is 0 Å². The van der Waals surface area contributed by atoms with Gasteiger partial charge in [-0.2, -0.15) is 0 Å². The largest absolute Gasteiger partial charge is 0.548 e. The number of aliphatic hydroxyl groups is 1. The highest BCUT2D eigenvalue weighted by molar-refractivity contribution is 6.27. The first-order valence-electron chi connectivity index (χ1n) is 5.02. The van der Waals surface area contributed by atoms with Crippen molar-refractivity contribution in [3.8, 4) is 0 Å². The third kappa shape index (κ3) is 5.47. The molecule has 0 aromatic rings. The summed E-state index contributed by atoms with van der Waals surface area (Å²) in [5.41, 5.74) is 0. The minimum atomic E-state index is -0.537. The lowest BCUT2D eigenvalue weighted by Gasteiger charge is -2.16. The highest BCUT2D eigenvalue weighted by Crippen LogP contribution is 2.12. The van der Waals surface area contributed by atoms with Crippen LogP contribution in [0, 0.1) is 0 Å². The Morgan fingerprint density at radius 2 is 1.50 bits per heavy atom. The zero-order valence-corrected chi connectivity index (χ0v) is 13.5. The molecule has 0 spiro atoms. The third-order valence-corrected chi connectivity index (χ3v) is 3.17.